The van der Waals surface area contributed by atoms with E-state index in [1.165, 1.54) is 0 Å². The third-order valence-electron chi connectivity index (χ3n) is 4.33. The number of likely N-dealkylation sites (tertiary alicyclic amines) is 1. The summed E-state index contributed by atoms with van der Waals surface area (Å²) in [4.78, 5) is 14.6. The SMILES string of the molecule is COCC1CCN(C(=O)c2cc(N)cn2C2CC2)CC1. The van der Waals surface area contributed by atoms with E-state index in [1.807, 2.05) is 17.2 Å². The number of rotatable bonds is 4. The Labute approximate surface area is 119 Å². The molecule has 0 radical (unpaired) electrons. The Hall–Kier alpha value is -1.49. The molecule has 1 aliphatic carbocycles. The standard InChI is InChI=1S/C15H23N3O2/c1-20-10-11-4-6-17(7-5-11)15(19)14-8-12(16)9-18(14)13-2-3-13/h8-9,11,13H,2-7,10,16H2,1H3. The summed E-state index contributed by atoms with van der Waals surface area (Å²) in [5, 5.41) is 0. The third-order valence-corrected chi connectivity index (χ3v) is 4.33. The van der Waals surface area contributed by atoms with Gasteiger partial charge in [0.25, 0.3) is 5.91 Å². The number of hydrogen-bond acceptors (Lipinski definition) is 3. The fourth-order valence-corrected chi connectivity index (χ4v) is 3.03. The number of nitrogens with two attached hydrogens (primary N) is 1. The molecular formula is C15H23N3O2. The summed E-state index contributed by atoms with van der Waals surface area (Å²) in [5.41, 5.74) is 7.31. The second kappa shape index (κ2) is 5.48. The van der Waals surface area contributed by atoms with E-state index in [2.05, 4.69) is 4.57 Å². The van der Waals surface area contributed by atoms with Crippen LogP contribution < -0.4 is 5.73 Å². The molecule has 0 atom stereocenters. The van der Waals surface area contributed by atoms with Gasteiger partial charge in [0.05, 0.1) is 5.69 Å². The molecule has 2 aliphatic rings. The second-order valence-electron chi connectivity index (χ2n) is 5.99. The Morgan fingerprint density at radius 2 is 2.05 bits per heavy atom. The first-order valence-corrected chi connectivity index (χ1v) is 7.44. The Bertz CT molecular complexity index is 485. The lowest BCUT2D eigenvalue weighted by Crippen LogP contribution is -2.40. The number of nitrogen functional groups attached to an aromatic ring is 1. The van der Waals surface area contributed by atoms with Crippen LogP contribution in [0.3, 0.4) is 0 Å². The Morgan fingerprint density at radius 3 is 2.65 bits per heavy atom. The van der Waals surface area contributed by atoms with Gasteiger partial charge in [-0.25, -0.2) is 0 Å². The van der Waals surface area contributed by atoms with Gasteiger partial charge in [-0.15, -0.1) is 0 Å². The van der Waals surface area contributed by atoms with Gasteiger partial charge in [0.15, 0.2) is 0 Å². The minimum absolute atomic E-state index is 0.129. The van der Waals surface area contributed by atoms with E-state index in [9.17, 15) is 4.79 Å². The van der Waals surface area contributed by atoms with E-state index in [0.29, 0.717) is 17.6 Å². The highest BCUT2D eigenvalue weighted by Crippen LogP contribution is 2.37. The van der Waals surface area contributed by atoms with Crippen LogP contribution in [-0.2, 0) is 4.74 Å². The highest BCUT2D eigenvalue weighted by molar-refractivity contribution is 5.94. The minimum Gasteiger partial charge on any atom is -0.397 e. The predicted molar refractivity (Wildman–Crippen MR) is 77.6 cm³/mol. The van der Waals surface area contributed by atoms with Crippen molar-refractivity contribution in [2.75, 3.05) is 32.5 Å². The summed E-state index contributed by atoms with van der Waals surface area (Å²) < 4.78 is 7.27. The fourth-order valence-electron chi connectivity index (χ4n) is 3.03. The number of methoxy groups -OCH3 is 1. The van der Waals surface area contributed by atoms with Crippen LogP contribution >= 0.6 is 0 Å². The van der Waals surface area contributed by atoms with Gasteiger partial charge in [0.1, 0.15) is 5.69 Å². The van der Waals surface area contributed by atoms with E-state index in [-0.39, 0.29) is 5.91 Å². The van der Waals surface area contributed by atoms with Gasteiger partial charge >= 0.3 is 0 Å². The van der Waals surface area contributed by atoms with Crippen molar-refractivity contribution < 1.29 is 9.53 Å². The van der Waals surface area contributed by atoms with Gasteiger partial charge in [-0.05, 0) is 37.7 Å². The highest BCUT2D eigenvalue weighted by atomic mass is 16.5. The zero-order chi connectivity index (χ0) is 14.1. The molecule has 2 N–H and O–H groups in total. The minimum atomic E-state index is 0.129. The lowest BCUT2D eigenvalue weighted by Gasteiger charge is -2.31. The molecule has 0 unspecified atom stereocenters. The summed E-state index contributed by atoms with van der Waals surface area (Å²) in [5.74, 6) is 0.716. The van der Waals surface area contributed by atoms with Gasteiger partial charge in [0.2, 0.25) is 0 Å². The molecule has 5 nitrogen and oxygen atoms in total. The summed E-state index contributed by atoms with van der Waals surface area (Å²) in [7, 11) is 1.74. The van der Waals surface area contributed by atoms with Crippen LogP contribution in [0.2, 0.25) is 0 Å². The van der Waals surface area contributed by atoms with E-state index in [0.717, 1.165) is 51.1 Å². The number of piperidine rings is 1. The zero-order valence-corrected chi connectivity index (χ0v) is 12.0. The maximum absolute atomic E-state index is 12.6. The van der Waals surface area contributed by atoms with Gasteiger partial charge in [0, 0.05) is 39.0 Å². The normalized spacial score (nSPS) is 20.4. The van der Waals surface area contributed by atoms with Gasteiger partial charge in [-0.1, -0.05) is 0 Å². The van der Waals surface area contributed by atoms with Crippen molar-refractivity contribution in [1.82, 2.24) is 9.47 Å². The van der Waals surface area contributed by atoms with Crippen LogP contribution in [-0.4, -0.2) is 42.2 Å². The van der Waals surface area contributed by atoms with E-state index < -0.39 is 0 Å². The molecule has 0 spiro atoms. The summed E-state index contributed by atoms with van der Waals surface area (Å²) in [6, 6.07) is 2.30. The first kappa shape index (κ1) is 13.5. The van der Waals surface area contributed by atoms with Crippen LogP contribution in [0.5, 0.6) is 0 Å². The number of nitrogens with zero attached hydrogens (tertiary/aromatic N) is 2. The highest BCUT2D eigenvalue weighted by Gasteiger charge is 2.30. The molecule has 2 fully saturated rings. The van der Waals surface area contributed by atoms with Crippen molar-refractivity contribution in [3.63, 3.8) is 0 Å². The lowest BCUT2D eigenvalue weighted by atomic mass is 9.97. The molecule has 20 heavy (non-hydrogen) atoms. The monoisotopic (exact) mass is 277 g/mol. The molecular weight excluding hydrogens is 254 g/mol. The van der Waals surface area contributed by atoms with Crippen LogP contribution in [0, 0.1) is 5.92 Å². The summed E-state index contributed by atoms with van der Waals surface area (Å²) in [6.45, 7) is 2.44. The number of carbonyl (C=O) groups excluding carboxylic acids is 1. The molecule has 3 rings (SSSR count). The molecule has 1 aromatic rings. The number of hydrogen-bond donors (Lipinski definition) is 1. The van der Waals surface area contributed by atoms with Crippen LogP contribution in [0.25, 0.3) is 0 Å². The first-order chi connectivity index (χ1) is 9.69. The van der Waals surface area contributed by atoms with Crippen LogP contribution in [0.4, 0.5) is 5.69 Å². The number of amides is 1. The Morgan fingerprint density at radius 1 is 1.35 bits per heavy atom. The van der Waals surface area contributed by atoms with Crippen LogP contribution in [0.15, 0.2) is 12.3 Å². The maximum atomic E-state index is 12.6. The van der Waals surface area contributed by atoms with Gasteiger partial charge in [-0.3, -0.25) is 4.79 Å². The number of aromatic nitrogens is 1. The molecule has 1 aliphatic heterocycles. The topological polar surface area (TPSA) is 60.5 Å². The zero-order valence-electron chi connectivity index (χ0n) is 12.0. The summed E-state index contributed by atoms with van der Waals surface area (Å²) >= 11 is 0. The van der Waals surface area contributed by atoms with Crippen molar-refractivity contribution in [3.05, 3.63) is 18.0 Å². The quantitative estimate of drug-likeness (QED) is 0.914. The molecule has 110 valence electrons. The van der Waals surface area contributed by atoms with Gasteiger partial charge < -0.3 is 19.9 Å². The Kier molecular flexibility index (Phi) is 3.70. The van der Waals surface area contributed by atoms with Crippen molar-refractivity contribution in [1.29, 1.82) is 0 Å². The molecule has 1 aromatic heterocycles. The van der Waals surface area contributed by atoms with Crippen molar-refractivity contribution in [2.45, 2.75) is 31.7 Å². The van der Waals surface area contributed by atoms with E-state index in [4.69, 9.17) is 10.5 Å². The molecule has 1 amide bonds. The predicted octanol–water partition coefficient (Wildman–Crippen LogP) is 1.90. The number of carbonyl (C=O) groups is 1. The van der Waals surface area contributed by atoms with Crippen molar-refractivity contribution >= 4 is 11.6 Å². The molecule has 2 heterocycles. The molecule has 1 saturated heterocycles. The lowest BCUT2D eigenvalue weighted by molar-refractivity contribution is 0.0603. The molecule has 0 bridgehead atoms. The van der Waals surface area contributed by atoms with Crippen LogP contribution in [0.1, 0.15) is 42.2 Å². The average molecular weight is 277 g/mol. The molecule has 5 heteroatoms. The van der Waals surface area contributed by atoms with Crippen molar-refractivity contribution in [3.8, 4) is 0 Å². The number of ether oxygens (including phenoxy) is 1. The molecule has 0 aromatic carbocycles. The molecule has 1 saturated carbocycles. The smallest absolute Gasteiger partial charge is 0.270 e. The van der Waals surface area contributed by atoms with Crippen molar-refractivity contribution in [2.24, 2.45) is 5.92 Å². The van der Waals surface area contributed by atoms with E-state index >= 15 is 0 Å². The van der Waals surface area contributed by atoms with Gasteiger partial charge in [-0.2, -0.15) is 0 Å². The average Bonchev–Trinajstić information content (AvgIpc) is 3.22. The first-order valence-electron chi connectivity index (χ1n) is 7.44. The Balaban J connectivity index is 1.67. The fraction of sp³-hybridized carbons (Fsp3) is 0.667. The second-order valence-corrected chi connectivity index (χ2v) is 5.99. The maximum Gasteiger partial charge on any atom is 0.270 e. The number of anilines is 1. The third kappa shape index (κ3) is 2.68. The largest absolute Gasteiger partial charge is 0.397 e. The summed E-state index contributed by atoms with van der Waals surface area (Å²) in [6.07, 6.45) is 6.27. The van der Waals surface area contributed by atoms with E-state index in [1.54, 1.807) is 7.11 Å².